The molecule has 0 aliphatic heterocycles. The third kappa shape index (κ3) is 3.42. The number of phenolic OH excluding ortho intramolecular Hbond substituents is 1. The van der Waals surface area contributed by atoms with E-state index < -0.39 is 0 Å². The van der Waals surface area contributed by atoms with Crippen molar-refractivity contribution in [3.63, 3.8) is 0 Å². The highest BCUT2D eigenvalue weighted by Gasteiger charge is 1.89. The molecule has 1 aromatic rings. The van der Waals surface area contributed by atoms with E-state index in [9.17, 15) is 4.79 Å². The van der Waals surface area contributed by atoms with Crippen LogP contribution in [-0.4, -0.2) is 11.0 Å². The lowest BCUT2D eigenvalue weighted by Gasteiger charge is -1.93. The van der Waals surface area contributed by atoms with Crippen molar-refractivity contribution in [1.82, 2.24) is 0 Å². The zero-order chi connectivity index (χ0) is 9.68. The first kappa shape index (κ1) is 9.32. The lowest BCUT2D eigenvalue weighted by molar-refractivity contribution is -0.117. The first-order valence-corrected chi connectivity index (χ1v) is 3.92. The molecule has 0 unspecified atom stereocenters. The van der Waals surface area contributed by atoms with Crippen molar-refractivity contribution in [2.45, 2.75) is 6.42 Å². The third-order valence-electron chi connectivity index (χ3n) is 1.52. The SMILES string of the molecule is NC(=O)CC=Cc1ccc(O)cc1. The molecule has 0 saturated carbocycles. The Kier molecular flexibility index (Phi) is 3.09. The van der Waals surface area contributed by atoms with Crippen LogP contribution < -0.4 is 5.73 Å². The number of hydrogen-bond acceptors (Lipinski definition) is 2. The summed E-state index contributed by atoms with van der Waals surface area (Å²) in [7, 11) is 0. The number of primary amides is 1. The zero-order valence-corrected chi connectivity index (χ0v) is 7.10. The quantitative estimate of drug-likeness (QED) is 0.730. The fraction of sp³-hybridized carbons (Fsp3) is 0.100. The molecule has 0 aliphatic rings. The van der Waals surface area contributed by atoms with Crippen LogP contribution in [0.4, 0.5) is 0 Å². The molecule has 3 N–H and O–H groups in total. The Morgan fingerprint density at radius 2 is 2.00 bits per heavy atom. The molecule has 0 fully saturated rings. The summed E-state index contributed by atoms with van der Waals surface area (Å²) in [4.78, 5) is 10.4. The highest BCUT2D eigenvalue weighted by atomic mass is 16.3. The van der Waals surface area contributed by atoms with Gasteiger partial charge in [0.2, 0.25) is 5.91 Å². The van der Waals surface area contributed by atoms with Gasteiger partial charge in [0, 0.05) is 6.42 Å². The predicted octanol–water partition coefficient (Wildman–Crippen LogP) is 1.28. The van der Waals surface area contributed by atoms with E-state index in [1.807, 2.05) is 0 Å². The van der Waals surface area contributed by atoms with E-state index in [1.165, 1.54) is 0 Å². The molecule has 1 aromatic carbocycles. The largest absolute Gasteiger partial charge is 0.508 e. The summed E-state index contributed by atoms with van der Waals surface area (Å²) in [6.45, 7) is 0. The van der Waals surface area contributed by atoms with E-state index >= 15 is 0 Å². The Labute approximate surface area is 76.5 Å². The zero-order valence-electron chi connectivity index (χ0n) is 7.10. The highest BCUT2D eigenvalue weighted by Crippen LogP contribution is 2.10. The van der Waals surface area contributed by atoms with Gasteiger partial charge in [-0.3, -0.25) is 4.79 Å². The predicted molar refractivity (Wildman–Crippen MR) is 51.0 cm³/mol. The van der Waals surface area contributed by atoms with Crippen molar-refractivity contribution in [3.8, 4) is 5.75 Å². The minimum absolute atomic E-state index is 0.229. The van der Waals surface area contributed by atoms with Crippen LogP contribution in [0.15, 0.2) is 30.3 Å². The van der Waals surface area contributed by atoms with Crippen LogP contribution in [0.1, 0.15) is 12.0 Å². The summed E-state index contributed by atoms with van der Waals surface area (Å²) in [5.74, 6) is -0.123. The second-order valence-electron chi connectivity index (χ2n) is 2.66. The fourth-order valence-electron chi connectivity index (χ4n) is 0.897. The second-order valence-corrected chi connectivity index (χ2v) is 2.66. The maximum absolute atomic E-state index is 10.4. The van der Waals surface area contributed by atoms with Crippen LogP contribution in [0, 0.1) is 0 Å². The van der Waals surface area contributed by atoms with Gasteiger partial charge in [-0.05, 0) is 17.7 Å². The van der Waals surface area contributed by atoms with Crippen molar-refractivity contribution < 1.29 is 9.90 Å². The van der Waals surface area contributed by atoms with E-state index in [-0.39, 0.29) is 18.1 Å². The van der Waals surface area contributed by atoms with E-state index in [4.69, 9.17) is 10.8 Å². The summed E-state index contributed by atoms with van der Waals surface area (Å²) < 4.78 is 0. The standard InChI is InChI=1S/C10H11NO2/c11-10(13)3-1-2-8-4-6-9(12)7-5-8/h1-2,4-7,12H,3H2,(H2,11,13). The molecule has 0 radical (unpaired) electrons. The molecule has 0 aromatic heterocycles. The Hall–Kier alpha value is -1.77. The maximum Gasteiger partial charge on any atom is 0.221 e. The minimum atomic E-state index is -0.352. The van der Waals surface area contributed by atoms with Gasteiger partial charge in [-0.1, -0.05) is 24.3 Å². The van der Waals surface area contributed by atoms with Gasteiger partial charge in [-0.2, -0.15) is 0 Å². The average Bonchev–Trinajstić information content (AvgIpc) is 2.08. The molecule has 13 heavy (non-hydrogen) atoms. The number of benzene rings is 1. The number of phenols is 1. The molecule has 3 heteroatoms. The number of hydrogen-bond donors (Lipinski definition) is 2. The van der Waals surface area contributed by atoms with E-state index in [1.54, 1.807) is 36.4 Å². The average molecular weight is 177 g/mol. The molecular formula is C10H11NO2. The molecule has 0 saturated heterocycles. The summed E-state index contributed by atoms with van der Waals surface area (Å²) in [5.41, 5.74) is 5.88. The van der Waals surface area contributed by atoms with E-state index in [2.05, 4.69) is 0 Å². The van der Waals surface area contributed by atoms with Crippen LogP contribution in [-0.2, 0) is 4.79 Å². The Morgan fingerprint density at radius 1 is 1.38 bits per heavy atom. The van der Waals surface area contributed by atoms with Gasteiger partial charge in [0.25, 0.3) is 0 Å². The van der Waals surface area contributed by atoms with Crippen LogP contribution in [0.5, 0.6) is 5.75 Å². The van der Waals surface area contributed by atoms with Crippen molar-refractivity contribution in [2.24, 2.45) is 5.73 Å². The summed E-state index contributed by atoms with van der Waals surface area (Å²) in [6, 6.07) is 6.69. The highest BCUT2D eigenvalue weighted by molar-refractivity contribution is 5.76. The van der Waals surface area contributed by atoms with Crippen molar-refractivity contribution in [2.75, 3.05) is 0 Å². The molecule has 0 bridgehead atoms. The van der Waals surface area contributed by atoms with Gasteiger partial charge in [0.15, 0.2) is 0 Å². The minimum Gasteiger partial charge on any atom is -0.508 e. The monoisotopic (exact) mass is 177 g/mol. The summed E-state index contributed by atoms with van der Waals surface area (Å²) in [5, 5.41) is 8.97. The number of carbonyl (C=O) groups excluding carboxylic acids is 1. The topological polar surface area (TPSA) is 63.3 Å². The number of carbonyl (C=O) groups is 1. The maximum atomic E-state index is 10.4. The van der Waals surface area contributed by atoms with Gasteiger partial charge in [-0.25, -0.2) is 0 Å². The first-order valence-electron chi connectivity index (χ1n) is 3.92. The van der Waals surface area contributed by atoms with E-state index in [0.29, 0.717) is 0 Å². The molecule has 0 spiro atoms. The lowest BCUT2D eigenvalue weighted by Crippen LogP contribution is -2.07. The van der Waals surface area contributed by atoms with Crippen LogP contribution >= 0.6 is 0 Å². The Morgan fingerprint density at radius 3 is 2.54 bits per heavy atom. The van der Waals surface area contributed by atoms with Gasteiger partial charge in [-0.15, -0.1) is 0 Å². The molecule has 0 heterocycles. The molecule has 68 valence electrons. The Balaban J connectivity index is 2.59. The third-order valence-corrected chi connectivity index (χ3v) is 1.52. The first-order chi connectivity index (χ1) is 6.18. The van der Waals surface area contributed by atoms with Gasteiger partial charge < -0.3 is 10.8 Å². The van der Waals surface area contributed by atoms with E-state index in [0.717, 1.165) is 5.56 Å². The molecule has 0 aliphatic carbocycles. The van der Waals surface area contributed by atoms with Crippen LogP contribution in [0.3, 0.4) is 0 Å². The molecule has 0 atom stereocenters. The summed E-state index contributed by atoms with van der Waals surface area (Å²) >= 11 is 0. The van der Waals surface area contributed by atoms with Crippen molar-refractivity contribution in [1.29, 1.82) is 0 Å². The number of nitrogens with two attached hydrogens (primary N) is 1. The molecule has 1 amide bonds. The molecular weight excluding hydrogens is 166 g/mol. The van der Waals surface area contributed by atoms with Crippen molar-refractivity contribution >= 4 is 12.0 Å². The fourth-order valence-corrected chi connectivity index (χ4v) is 0.897. The number of aromatic hydroxyl groups is 1. The normalized spacial score (nSPS) is 10.5. The Bertz CT molecular complexity index is 314. The summed E-state index contributed by atoms with van der Waals surface area (Å²) in [6.07, 6.45) is 3.71. The van der Waals surface area contributed by atoms with Crippen molar-refractivity contribution in [3.05, 3.63) is 35.9 Å². The van der Waals surface area contributed by atoms with Crippen LogP contribution in [0.2, 0.25) is 0 Å². The molecule has 3 nitrogen and oxygen atoms in total. The van der Waals surface area contributed by atoms with Crippen LogP contribution in [0.25, 0.3) is 6.08 Å². The smallest absolute Gasteiger partial charge is 0.221 e. The van der Waals surface area contributed by atoms with Gasteiger partial charge in [0.05, 0.1) is 0 Å². The van der Waals surface area contributed by atoms with Gasteiger partial charge in [0.1, 0.15) is 5.75 Å². The number of amides is 1. The number of rotatable bonds is 3. The lowest BCUT2D eigenvalue weighted by atomic mass is 10.2. The second kappa shape index (κ2) is 4.30. The van der Waals surface area contributed by atoms with Gasteiger partial charge >= 0.3 is 0 Å². The molecule has 1 rings (SSSR count).